The van der Waals surface area contributed by atoms with Crippen LogP contribution in [0.2, 0.25) is 10.0 Å². The Balaban J connectivity index is 3.04. The molecule has 0 atom stereocenters. The first-order valence-electron chi connectivity index (χ1n) is 4.45. The maximum Gasteiger partial charge on any atom is 0.139 e. The molecule has 0 saturated heterocycles. The van der Waals surface area contributed by atoms with Crippen LogP contribution in [0.15, 0.2) is 12.1 Å². The van der Waals surface area contributed by atoms with Gasteiger partial charge in [-0.2, -0.15) is 12.6 Å². The van der Waals surface area contributed by atoms with E-state index in [9.17, 15) is 0 Å². The number of ether oxygens (including phenoxy) is 1. The minimum Gasteiger partial charge on any atom is -0.495 e. The maximum atomic E-state index is 6.11. The third-order valence-corrected chi connectivity index (χ3v) is 2.87. The van der Waals surface area contributed by atoms with Crippen molar-refractivity contribution in [1.29, 1.82) is 0 Å². The molecule has 0 N–H and O–H groups in total. The first-order valence-corrected chi connectivity index (χ1v) is 5.84. The molecule has 5 heteroatoms. The van der Waals surface area contributed by atoms with Crippen molar-refractivity contribution in [3.8, 4) is 5.75 Å². The molecule has 84 valence electrons. The first-order chi connectivity index (χ1) is 7.10. The van der Waals surface area contributed by atoms with E-state index < -0.39 is 0 Å². The predicted octanol–water partition coefficient (Wildman–Crippen LogP) is 3.37. The molecule has 0 saturated carbocycles. The van der Waals surface area contributed by atoms with Gasteiger partial charge in [-0.25, -0.2) is 0 Å². The molecule has 1 rings (SSSR count). The number of methoxy groups -OCH3 is 1. The third kappa shape index (κ3) is 3.10. The Hall–Kier alpha value is -0.250. The smallest absolute Gasteiger partial charge is 0.139 e. The van der Waals surface area contributed by atoms with Crippen molar-refractivity contribution < 1.29 is 4.74 Å². The molecule has 15 heavy (non-hydrogen) atoms. The molecule has 0 unspecified atom stereocenters. The van der Waals surface area contributed by atoms with Crippen LogP contribution in [0.4, 0.5) is 5.69 Å². The summed E-state index contributed by atoms with van der Waals surface area (Å²) in [5, 5.41) is 1.18. The summed E-state index contributed by atoms with van der Waals surface area (Å²) >= 11 is 16.3. The van der Waals surface area contributed by atoms with Gasteiger partial charge in [0.05, 0.1) is 22.8 Å². The lowest BCUT2D eigenvalue weighted by Crippen LogP contribution is -2.19. The van der Waals surface area contributed by atoms with Gasteiger partial charge in [0.2, 0.25) is 0 Å². The number of hydrogen-bond acceptors (Lipinski definition) is 3. The highest BCUT2D eigenvalue weighted by Gasteiger charge is 2.10. The number of hydrogen-bond donors (Lipinski definition) is 1. The molecule has 0 spiro atoms. The van der Waals surface area contributed by atoms with Crippen molar-refractivity contribution in [1.82, 2.24) is 0 Å². The number of halogens is 2. The SMILES string of the molecule is COc1cc(Cl)c(N(C)CCS)cc1Cl. The molecule has 0 bridgehead atoms. The zero-order valence-corrected chi connectivity index (χ0v) is 11.0. The average Bonchev–Trinajstić information content (AvgIpc) is 2.21. The standard InChI is InChI=1S/C10H13Cl2NOS/c1-13(3-4-15)9-5-8(12)10(14-2)6-7(9)11/h5-6,15H,3-4H2,1-2H3. The van der Waals surface area contributed by atoms with Gasteiger partial charge in [0.15, 0.2) is 0 Å². The molecule has 0 amide bonds. The van der Waals surface area contributed by atoms with Gasteiger partial charge >= 0.3 is 0 Å². The number of nitrogens with zero attached hydrogens (tertiary/aromatic N) is 1. The summed E-state index contributed by atoms with van der Waals surface area (Å²) < 4.78 is 5.07. The Morgan fingerprint density at radius 2 is 2.00 bits per heavy atom. The van der Waals surface area contributed by atoms with Crippen LogP contribution in [0.1, 0.15) is 0 Å². The summed E-state index contributed by atoms with van der Waals surface area (Å²) in [6.45, 7) is 0.811. The quantitative estimate of drug-likeness (QED) is 0.839. The van der Waals surface area contributed by atoms with E-state index in [2.05, 4.69) is 12.6 Å². The highest BCUT2D eigenvalue weighted by molar-refractivity contribution is 7.80. The molecule has 0 radical (unpaired) electrons. The van der Waals surface area contributed by atoms with E-state index in [-0.39, 0.29) is 0 Å². The second-order valence-electron chi connectivity index (χ2n) is 3.08. The van der Waals surface area contributed by atoms with Gasteiger partial charge < -0.3 is 9.64 Å². The number of rotatable bonds is 4. The zero-order chi connectivity index (χ0) is 11.4. The summed E-state index contributed by atoms with van der Waals surface area (Å²) in [6, 6.07) is 3.51. The molecular weight excluding hydrogens is 253 g/mol. The Bertz CT molecular complexity index is 346. The van der Waals surface area contributed by atoms with Crippen LogP contribution in [-0.4, -0.2) is 26.5 Å². The fourth-order valence-electron chi connectivity index (χ4n) is 1.24. The molecule has 0 aliphatic heterocycles. The molecule has 0 aliphatic carbocycles. The zero-order valence-electron chi connectivity index (χ0n) is 8.63. The van der Waals surface area contributed by atoms with E-state index in [4.69, 9.17) is 27.9 Å². The summed E-state index contributed by atoms with van der Waals surface area (Å²) in [7, 11) is 3.51. The number of anilines is 1. The third-order valence-electron chi connectivity index (χ3n) is 2.07. The minimum atomic E-state index is 0.558. The van der Waals surface area contributed by atoms with Crippen molar-refractivity contribution in [2.75, 3.05) is 31.4 Å². The predicted molar refractivity (Wildman–Crippen MR) is 70.1 cm³/mol. The normalized spacial score (nSPS) is 10.2. The second-order valence-corrected chi connectivity index (χ2v) is 4.34. The van der Waals surface area contributed by atoms with Crippen molar-refractivity contribution in [2.45, 2.75) is 0 Å². The van der Waals surface area contributed by atoms with E-state index >= 15 is 0 Å². The molecule has 2 nitrogen and oxygen atoms in total. The molecule has 0 fully saturated rings. The lowest BCUT2D eigenvalue weighted by Gasteiger charge is -2.20. The fraction of sp³-hybridized carbons (Fsp3) is 0.400. The van der Waals surface area contributed by atoms with E-state index in [1.807, 2.05) is 11.9 Å². The van der Waals surface area contributed by atoms with Gasteiger partial charge in [0, 0.05) is 25.4 Å². The van der Waals surface area contributed by atoms with Gasteiger partial charge in [-0.05, 0) is 6.07 Å². The van der Waals surface area contributed by atoms with Crippen LogP contribution in [0.5, 0.6) is 5.75 Å². The average molecular weight is 266 g/mol. The van der Waals surface area contributed by atoms with Crippen LogP contribution >= 0.6 is 35.8 Å². The highest BCUT2D eigenvalue weighted by Crippen LogP contribution is 2.35. The summed E-state index contributed by atoms with van der Waals surface area (Å²) in [6.07, 6.45) is 0. The van der Waals surface area contributed by atoms with Crippen LogP contribution < -0.4 is 9.64 Å². The molecule has 1 aromatic carbocycles. The molecule has 0 heterocycles. The van der Waals surface area contributed by atoms with Crippen LogP contribution in [0.3, 0.4) is 0 Å². The van der Waals surface area contributed by atoms with E-state index in [0.29, 0.717) is 15.8 Å². The lowest BCUT2D eigenvalue weighted by molar-refractivity contribution is 0.415. The fourth-order valence-corrected chi connectivity index (χ4v) is 2.07. The van der Waals surface area contributed by atoms with Gasteiger partial charge in [-0.15, -0.1) is 0 Å². The Labute approximate surface area is 106 Å². The van der Waals surface area contributed by atoms with Crippen LogP contribution in [0, 0.1) is 0 Å². The molecule has 0 aromatic heterocycles. The lowest BCUT2D eigenvalue weighted by atomic mass is 10.2. The molecule has 1 aromatic rings. The number of benzene rings is 1. The van der Waals surface area contributed by atoms with E-state index in [1.165, 1.54) is 0 Å². The molecular formula is C10H13Cl2NOS. The van der Waals surface area contributed by atoms with Gasteiger partial charge in [0.1, 0.15) is 5.75 Å². The van der Waals surface area contributed by atoms with Crippen LogP contribution in [0.25, 0.3) is 0 Å². The largest absolute Gasteiger partial charge is 0.495 e. The minimum absolute atomic E-state index is 0.558. The van der Waals surface area contributed by atoms with Gasteiger partial charge in [-0.1, -0.05) is 23.2 Å². The second kappa shape index (κ2) is 5.73. The summed E-state index contributed by atoms with van der Waals surface area (Å²) in [5.74, 6) is 1.35. The monoisotopic (exact) mass is 265 g/mol. The van der Waals surface area contributed by atoms with Crippen LogP contribution in [-0.2, 0) is 0 Å². The van der Waals surface area contributed by atoms with Crippen molar-refractivity contribution in [2.24, 2.45) is 0 Å². The Morgan fingerprint density at radius 1 is 1.33 bits per heavy atom. The summed E-state index contributed by atoms with van der Waals surface area (Å²) in [5.41, 5.74) is 0.886. The van der Waals surface area contributed by atoms with Crippen molar-refractivity contribution in [3.05, 3.63) is 22.2 Å². The van der Waals surface area contributed by atoms with Gasteiger partial charge in [-0.3, -0.25) is 0 Å². The topological polar surface area (TPSA) is 12.5 Å². The number of thiol groups is 1. The Morgan fingerprint density at radius 3 is 2.53 bits per heavy atom. The van der Waals surface area contributed by atoms with E-state index in [1.54, 1.807) is 19.2 Å². The Kier molecular flexibility index (Phi) is 4.90. The van der Waals surface area contributed by atoms with Gasteiger partial charge in [0.25, 0.3) is 0 Å². The maximum absolute atomic E-state index is 6.11. The highest BCUT2D eigenvalue weighted by atomic mass is 35.5. The summed E-state index contributed by atoms with van der Waals surface area (Å²) in [4.78, 5) is 2.00. The first kappa shape index (κ1) is 12.8. The van der Waals surface area contributed by atoms with Crippen molar-refractivity contribution >= 4 is 41.5 Å². The van der Waals surface area contributed by atoms with Crippen molar-refractivity contribution in [3.63, 3.8) is 0 Å². The molecule has 0 aliphatic rings. The van der Waals surface area contributed by atoms with E-state index in [0.717, 1.165) is 18.0 Å².